The van der Waals surface area contributed by atoms with Gasteiger partial charge in [-0.1, -0.05) is 53.6 Å². The highest BCUT2D eigenvalue weighted by Crippen LogP contribution is 2.31. The molecule has 0 aromatic heterocycles. The van der Waals surface area contributed by atoms with Crippen LogP contribution in [0.1, 0.15) is 42.0 Å². The molecule has 2 aromatic carbocycles. The van der Waals surface area contributed by atoms with Crippen LogP contribution in [0.3, 0.4) is 0 Å². The fourth-order valence-corrected chi connectivity index (χ4v) is 4.53. The second kappa shape index (κ2) is 9.76. The molecular formula is C25H28ClN3O3. The fourth-order valence-electron chi connectivity index (χ4n) is 4.41. The molecule has 32 heavy (non-hydrogen) atoms. The van der Waals surface area contributed by atoms with Crippen LogP contribution in [0.25, 0.3) is 0 Å². The molecule has 1 fully saturated rings. The van der Waals surface area contributed by atoms with Crippen LogP contribution >= 0.6 is 11.6 Å². The highest BCUT2D eigenvalue weighted by Gasteiger charge is 2.35. The van der Waals surface area contributed by atoms with Crippen molar-refractivity contribution < 1.29 is 14.3 Å². The van der Waals surface area contributed by atoms with E-state index in [1.165, 1.54) is 11.1 Å². The van der Waals surface area contributed by atoms with Gasteiger partial charge in [0.05, 0.1) is 18.2 Å². The second-order valence-electron chi connectivity index (χ2n) is 8.33. The quantitative estimate of drug-likeness (QED) is 0.639. The number of urea groups is 1. The van der Waals surface area contributed by atoms with Crippen molar-refractivity contribution in [1.29, 1.82) is 0 Å². The molecule has 2 N–H and O–H groups in total. The van der Waals surface area contributed by atoms with Crippen molar-refractivity contribution in [3.05, 3.63) is 81.5 Å². The summed E-state index contributed by atoms with van der Waals surface area (Å²) in [4.78, 5) is 27.7. The van der Waals surface area contributed by atoms with E-state index in [2.05, 4.69) is 46.7 Å². The first-order chi connectivity index (χ1) is 15.4. The van der Waals surface area contributed by atoms with Gasteiger partial charge in [0, 0.05) is 23.8 Å². The van der Waals surface area contributed by atoms with Gasteiger partial charge in [0.15, 0.2) is 0 Å². The molecule has 6 nitrogen and oxygen atoms in total. The summed E-state index contributed by atoms with van der Waals surface area (Å²) in [6.45, 7) is 6.37. The Morgan fingerprint density at radius 3 is 2.50 bits per heavy atom. The molecular weight excluding hydrogens is 426 g/mol. The summed E-state index contributed by atoms with van der Waals surface area (Å²) in [6, 6.07) is 14.9. The number of benzene rings is 2. The highest BCUT2D eigenvalue weighted by atomic mass is 35.5. The summed E-state index contributed by atoms with van der Waals surface area (Å²) in [5, 5.41) is 6.33. The maximum absolute atomic E-state index is 12.9. The first-order valence-corrected chi connectivity index (χ1v) is 11.3. The molecule has 2 aliphatic heterocycles. The molecule has 7 heteroatoms. The monoisotopic (exact) mass is 453 g/mol. The number of carbonyl (C=O) groups excluding carboxylic acids is 2. The smallest absolute Gasteiger partial charge is 0.338 e. The molecule has 2 heterocycles. The maximum Gasteiger partial charge on any atom is 0.338 e. The number of hydrogen-bond donors (Lipinski definition) is 2. The zero-order chi connectivity index (χ0) is 22.7. The van der Waals surface area contributed by atoms with Gasteiger partial charge in [-0.05, 0) is 56.0 Å². The molecule has 0 radical (unpaired) electrons. The zero-order valence-electron chi connectivity index (χ0n) is 18.4. The van der Waals surface area contributed by atoms with E-state index in [0.717, 1.165) is 25.1 Å². The van der Waals surface area contributed by atoms with Crippen molar-refractivity contribution in [2.75, 3.05) is 26.2 Å². The van der Waals surface area contributed by atoms with Crippen LogP contribution in [0.15, 0.2) is 59.8 Å². The number of rotatable bonds is 6. The highest BCUT2D eigenvalue weighted by molar-refractivity contribution is 6.30. The molecule has 2 aromatic rings. The number of nitrogens with one attached hydrogen (secondary N) is 2. The van der Waals surface area contributed by atoms with Gasteiger partial charge in [-0.2, -0.15) is 0 Å². The molecule has 0 saturated carbocycles. The molecule has 4 rings (SSSR count). The van der Waals surface area contributed by atoms with Crippen LogP contribution in [0, 0.1) is 6.92 Å². The topological polar surface area (TPSA) is 70.7 Å². The van der Waals surface area contributed by atoms with Crippen molar-refractivity contribution >= 4 is 23.6 Å². The van der Waals surface area contributed by atoms with Gasteiger partial charge >= 0.3 is 12.0 Å². The summed E-state index contributed by atoms with van der Waals surface area (Å²) in [5.41, 5.74) is 4.39. The molecule has 0 bridgehead atoms. The number of nitrogens with zero attached hydrogens (tertiary/aromatic N) is 1. The third kappa shape index (κ3) is 4.97. The van der Waals surface area contributed by atoms with Crippen LogP contribution in [-0.2, 0) is 9.53 Å². The minimum absolute atomic E-state index is 0.260. The number of carbonyl (C=O) groups is 2. The maximum atomic E-state index is 12.9. The summed E-state index contributed by atoms with van der Waals surface area (Å²) in [7, 11) is 0. The Balaban J connectivity index is 1.60. The lowest BCUT2D eigenvalue weighted by atomic mass is 9.95. The average molecular weight is 454 g/mol. The number of hydrogen-bond acceptors (Lipinski definition) is 4. The van der Waals surface area contributed by atoms with Gasteiger partial charge < -0.3 is 15.4 Å². The lowest BCUT2D eigenvalue weighted by Crippen LogP contribution is -2.48. The largest absolute Gasteiger partial charge is 0.463 e. The van der Waals surface area contributed by atoms with Gasteiger partial charge in [-0.15, -0.1) is 0 Å². The molecule has 168 valence electrons. The summed E-state index contributed by atoms with van der Waals surface area (Å²) in [5.74, 6) is 0.0101. The predicted octanol–water partition coefficient (Wildman–Crippen LogP) is 4.31. The minimum atomic E-state index is -0.592. The Hall–Kier alpha value is -2.83. The first-order valence-electron chi connectivity index (χ1n) is 11.0. The van der Waals surface area contributed by atoms with E-state index in [4.69, 9.17) is 16.3 Å². The SMILES string of the molecule is CCOC(=O)C1=C(CN2CCC(c3ccc(C)cc3)C2)NC(=O)NC1c1ccc(Cl)cc1. The number of aryl methyl sites for hydroxylation is 1. The third-order valence-electron chi connectivity index (χ3n) is 6.06. The van der Waals surface area contributed by atoms with E-state index in [1.54, 1.807) is 19.1 Å². The molecule has 1 saturated heterocycles. The van der Waals surface area contributed by atoms with Crippen LogP contribution in [0.4, 0.5) is 4.79 Å². The number of halogens is 1. The fraction of sp³-hybridized carbons (Fsp3) is 0.360. The van der Waals surface area contributed by atoms with Crippen LogP contribution < -0.4 is 10.6 Å². The van der Waals surface area contributed by atoms with E-state index in [9.17, 15) is 9.59 Å². The Morgan fingerprint density at radius 1 is 1.12 bits per heavy atom. The number of likely N-dealkylation sites (tertiary alicyclic amines) is 1. The zero-order valence-corrected chi connectivity index (χ0v) is 19.1. The Morgan fingerprint density at radius 2 is 1.81 bits per heavy atom. The van der Waals surface area contributed by atoms with Crippen molar-refractivity contribution in [2.24, 2.45) is 0 Å². The molecule has 2 amide bonds. The van der Waals surface area contributed by atoms with E-state index in [0.29, 0.717) is 28.8 Å². The van der Waals surface area contributed by atoms with Gasteiger partial charge in [-0.3, -0.25) is 4.90 Å². The Labute approximate surface area is 193 Å². The molecule has 0 aliphatic carbocycles. The predicted molar refractivity (Wildman–Crippen MR) is 124 cm³/mol. The van der Waals surface area contributed by atoms with Gasteiger partial charge in [-0.25, -0.2) is 9.59 Å². The van der Waals surface area contributed by atoms with Crippen LogP contribution in [-0.4, -0.2) is 43.1 Å². The van der Waals surface area contributed by atoms with Crippen molar-refractivity contribution in [3.63, 3.8) is 0 Å². The third-order valence-corrected chi connectivity index (χ3v) is 6.31. The summed E-state index contributed by atoms with van der Waals surface area (Å²) < 4.78 is 5.36. The van der Waals surface area contributed by atoms with Crippen molar-refractivity contribution in [1.82, 2.24) is 15.5 Å². The Kier molecular flexibility index (Phi) is 6.82. The number of esters is 1. The second-order valence-corrected chi connectivity index (χ2v) is 8.76. The summed E-state index contributed by atoms with van der Waals surface area (Å²) >= 11 is 6.03. The first kappa shape index (κ1) is 22.4. The molecule has 2 aliphatic rings. The lowest BCUT2D eigenvalue weighted by Gasteiger charge is -2.31. The van der Waals surface area contributed by atoms with Gasteiger partial charge in [0.2, 0.25) is 0 Å². The lowest BCUT2D eigenvalue weighted by molar-refractivity contribution is -0.139. The molecule has 2 atom stereocenters. The Bertz CT molecular complexity index is 1020. The molecule has 0 spiro atoms. The van der Waals surface area contributed by atoms with Crippen LogP contribution in [0.5, 0.6) is 0 Å². The van der Waals surface area contributed by atoms with Crippen molar-refractivity contribution in [2.45, 2.75) is 32.2 Å². The number of ether oxygens (including phenoxy) is 1. The number of amides is 2. The summed E-state index contributed by atoms with van der Waals surface area (Å²) in [6.07, 6.45) is 1.04. The van der Waals surface area contributed by atoms with Gasteiger partial charge in [0.25, 0.3) is 0 Å². The van der Waals surface area contributed by atoms with E-state index >= 15 is 0 Å². The average Bonchev–Trinajstić information content (AvgIpc) is 3.23. The normalized spacial score (nSPS) is 21.3. The standard InChI is InChI=1S/C25H28ClN3O3/c1-3-32-24(30)22-21(27-25(31)28-23(22)18-8-10-20(26)11-9-18)15-29-13-12-19(14-29)17-6-4-16(2)5-7-17/h4-11,19,23H,3,12-15H2,1-2H3,(H2,27,28,31). The van der Waals surface area contributed by atoms with Crippen molar-refractivity contribution in [3.8, 4) is 0 Å². The van der Waals surface area contributed by atoms with Gasteiger partial charge in [0.1, 0.15) is 0 Å². The minimum Gasteiger partial charge on any atom is -0.463 e. The molecule has 2 unspecified atom stereocenters. The van der Waals surface area contributed by atoms with E-state index in [1.807, 2.05) is 12.1 Å². The van der Waals surface area contributed by atoms with E-state index in [-0.39, 0.29) is 12.6 Å². The van der Waals surface area contributed by atoms with E-state index < -0.39 is 12.0 Å². The van der Waals surface area contributed by atoms with Crippen LogP contribution in [0.2, 0.25) is 5.02 Å².